The van der Waals surface area contributed by atoms with Gasteiger partial charge < -0.3 is 19.7 Å². The predicted molar refractivity (Wildman–Crippen MR) is 101 cm³/mol. The molecule has 0 bridgehead atoms. The lowest BCUT2D eigenvalue weighted by atomic mass is 9.96. The molecule has 6 nitrogen and oxygen atoms in total. The number of fused-ring (bicyclic) bond motifs is 1. The van der Waals surface area contributed by atoms with Crippen LogP contribution in [-0.2, 0) is 0 Å². The van der Waals surface area contributed by atoms with Crippen LogP contribution in [0.15, 0.2) is 42.7 Å². The van der Waals surface area contributed by atoms with Crippen LogP contribution in [-0.4, -0.2) is 48.4 Å². The molecule has 2 aliphatic heterocycles. The summed E-state index contributed by atoms with van der Waals surface area (Å²) in [5, 5.41) is 3.60. The molecule has 1 saturated heterocycles. The number of hydrogen-bond donors (Lipinski definition) is 1. The summed E-state index contributed by atoms with van der Waals surface area (Å²) in [6, 6.07) is 9.72. The van der Waals surface area contributed by atoms with Crippen molar-refractivity contribution in [1.29, 1.82) is 0 Å². The number of benzene rings is 1. The third-order valence-electron chi connectivity index (χ3n) is 5.12. The summed E-state index contributed by atoms with van der Waals surface area (Å²) < 4.78 is 12.0. The van der Waals surface area contributed by atoms with E-state index in [1.54, 1.807) is 12.4 Å². The lowest BCUT2D eigenvalue weighted by Crippen LogP contribution is -2.51. The van der Waals surface area contributed by atoms with Gasteiger partial charge in [0.15, 0.2) is 17.1 Å². The summed E-state index contributed by atoms with van der Waals surface area (Å²) >= 11 is 0. The van der Waals surface area contributed by atoms with Crippen LogP contribution in [0.5, 0.6) is 11.5 Å². The molecule has 138 valence electrons. The van der Waals surface area contributed by atoms with E-state index in [9.17, 15) is 0 Å². The summed E-state index contributed by atoms with van der Waals surface area (Å²) in [6.45, 7) is 6.49. The van der Waals surface area contributed by atoms with Gasteiger partial charge in [-0.05, 0) is 50.4 Å². The minimum Gasteiger partial charge on any atom is -0.485 e. The van der Waals surface area contributed by atoms with E-state index in [0.717, 1.165) is 56.5 Å². The van der Waals surface area contributed by atoms with E-state index in [4.69, 9.17) is 9.47 Å². The van der Waals surface area contributed by atoms with Gasteiger partial charge in [-0.3, -0.25) is 0 Å². The molecule has 1 atom stereocenters. The molecule has 2 aliphatic rings. The number of hydrogen-bond acceptors (Lipinski definition) is 6. The van der Waals surface area contributed by atoms with Crippen molar-refractivity contribution in [2.75, 3.05) is 37.7 Å². The number of piperidine rings is 1. The molecule has 2 aromatic rings. The topological polar surface area (TPSA) is 59.5 Å². The van der Waals surface area contributed by atoms with Gasteiger partial charge in [0.1, 0.15) is 6.61 Å². The Labute approximate surface area is 154 Å². The number of rotatable bonds is 5. The monoisotopic (exact) mass is 354 g/mol. The van der Waals surface area contributed by atoms with Crippen molar-refractivity contribution in [1.82, 2.24) is 15.3 Å². The second-order valence-corrected chi connectivity index (χ2v) is 7.40. The zero-order chi connectivity index (χ0) is 17.8. The lowest BCUT2D eigenvalue weighted by Gasteiger charge is -2.37. The fourth-order valence-electron chi connectivity index (χ4n) is 3.60. The highest BCUT2D eigenvalue weighted by Crippen LogP contribution is 2.34. The van der Waals surface area contributed by atoms with Crippen LogP contribution in [0.4, 0.5) is 5.95 Å². The Morgan fingerprint density at radius 2 is 1.85 bits per heavy atom. The molecule has 0 spiro atoms. The standard InChI is InChI=1S/C20H26N4O2/c1-20(15-25-17-5-2-3-6-18(17)26-20)14-21-13-16-7-11-24(12-8-16)19-22-9-4-10-23-19/h2-6,9-10,16,21H,7-8,11-15H2,1H3/t20-/m1/s1. The van der Waals surface area contributed by atoms with Crippen LogP contribution in [0.2, 0.25) is 0 Å². The first-order chi connectivity index (χ1) is 12.7. The molecule has 0 saturated carbocycles. The number of nitrogens with zero attached hydrogens (tertiary/aromatic N) is 3. The summed E-state index contributed by atoms with van der Waals surface area (Å²) in [4.78, 5) is 11.0. The molecule has 4 rings (SSSR count). The minimum absolute atomic E-state index is 0.326. The molecule has 1 aromatic carbocycles. The zero-order valence-corrected chi connectivity index (χ0v) is 15.2. The van der Waals surface area contributed by atoms with Gasteiger partial charge in [0.2, 0.25) is 5.95 Å². The first-order valence-corrected chi connectivity index (χ1v) is 9.35. The van der Waals surface area contributed by atoms with Crippen molar-refractivity contribution in [2.24, 2.45) is 5.92 Å². The Balaban J connectivity index is 1.22. The zero-order valence-electron chi connectivity index (χ0n) is 15.2. The molecule has 0 unspecified atom stereocenters. The first kappa shape index (κ1) is 17.1. The van der Waals surface area contributed by atoms with E-state index < -0.39 is 0 Å². The SMILES string of the molecule is C[C@@]1(CNCC2CCN(c3ncccn3)CC2)COc2ccccc2O1. The summed E-state index contributed by atoms with van der Waals surface area (Å²) in [5.41, 5.74) is -0.326. The molecule has 3 heterocycles. The van der Waals surface area contributed by atoms with Crippen molar-refractivity contribution >= 4 is 5.95 Å². The van der Waals surface area contributed by atoms with Crippen LogP contribution in [0.25, 0.3) is 0 Å². The molecule has 1 fully saturated rings. The molecule has 0 aliphatic carbocycles. The van der Waals surface area contributed by atoms with Crippen molar-refractivity contribution in [3.05, 3.63) is 42.7 Å². The van der Waals surface area contributed by atoms with Gasteiger partial charge in [0, 0.05) is 32.0 Å². The van der Waals surface area contributed by atoms with Gasteiger partial charge >= 0.3 is 0 Å². The molecule has 0 radical (unpaired) electrons. The van der Waals surface area contributed by atoms with Crippen molar-refractivity contribution in [3.63, 3.8) is 0 Å². The van der Waals surface area contributed by atoms with Crippen LogP contribution >= 0.6 is 0 Å². The summed E-state index contributed by atoms with van der Waals surface area (Å²) in [7, 11) is 0. The van der Waals surface area contributed by atoms with E-state index >= 15 is 0 Å². The fourth-order valence-corrected chi connectivity index (χ4v) is 3.60. The predicted octanol–water partition coefficient (Wildman–Crippen LogP) is 2.51. The quantitative estimate of drug-likeness (QED) is 0.890. The van der Waals surface area contributed by atoms with Gasteiger partial charge in [0.25, 0.3) is 0 Å². The Morgan fingerprint density at radius 3 is 2.62 bits per heavy atom. The van der Waals surface area contributed by atoms with E-state index in [0.29, 0.717) is 12.5 Å². The van der Waals surface area contributed by atoms with Crippen molar-refractivity contribution in [2.45, 2.75) is 25.4 Å². The maximum atomic E-state index is 6.17. The van der Waals surface area contributed by atoms with Crippen LogP contribution in [0, 0.1) is 5.92 Å². The van der Waals surface area contributed by atoms with Gasteiger partial charge in [0.05, 0.1) is 0 Å². The summed E-state index contributed by atoms with van der Waals surface area (Å²) in [5.74, 6) is 3.19. The molecule has 6 heteroatoms. The Morgan fingerprint density at radius 1 is 1.12 bits per heavy atom. The normalized spacial score (nSPS) is 23.0. The second-order valence-electron chi connectivity index (χ2n) is 7.40. The van der Waals surface area contributed by atoms with E-state index in [2.05, 4.69) is 27.1 Å². The average Bonchev–Trinajstić information content (AvgIpc) is 2.69. The van der Waals surface area contributed by atoms with Crippen molar-refractivity contribution in [3.8, 4) is 11.5 Å². The molecule has 26 heavy (non-hydrogen) atoms. The van der Waals surface area contributed by atoms with Gasteiger partial charge in [-0.2, -0.15) is 0 Å². The highest BCUT2D eigenvalue weighted by molar-refractivity contribution is 5.41. The Kier molecular flexibility index (Phi) is 4.93. The van der Waals surface area contributed by atoms with Gasteiger partial charge in [-0.1, -0.05) is 12.1 Å². The van der Waals surface area contributed by atoms with Gasteiger partial charge in [-0.25, -0.2) is 9.97 Å². The third-order valence-corrected chi connectivity index (χ3v) is 5.12. The van der Waals surface area contributed by atoms with Crippen LogP contribution in [0.1, 0.15) is 19.8 Å². The second kappa shape index (κ2) is 7.50. The maximum absolute atomic E-state index is 6.17. The number of nitrogens with one attached hydrogen (secondary N) is 1. The summed E-state index contributed by atoms with van der Waals surface area (Å²) in [6.07, 6.45) is 5.92. The van der Waals surface area contributed by atoms with Crippen LogP contribution in [0.3, 0.4) is 0 Å². The van der Waals surface area contributed by atoms with Gasteiger partial charge in [-0.15, -0.1) is 0 Å². The minimum atomic E-state index is -0.326. The van der Waals surface area contributed by atoms with Crippen molar-refractivity contribution < 1.29 is 9.47 Å². The highest BCUT2D eigenvalue weighted by atomic mass is 16.6. The number of anilines is 1. The third kappa shape index (κ3) is 3.90. The highest BCUT2D eigenvalue weighted by Gasteiger charge is 2.33. The molecule has 0 amide bonds. The van der Waals surface area contributed by atoms with E-state index in [1.807, 2.05) is 30.3 Å². The lowest BCUT2D eigenvalue weighted by molar-refractivity contribution is 0.00628. The van der Waals surface area contributed by atoms with Crippen LogP contribution < -0.4 is 19.7 Å². The molecular formula is C20H26N4O2. The molecule has 1 aromatic heterocycles. The Bertz CT molecular complexity index is 719. The smallest absolute Gasteiger partial charge is 0.225 e. The molecule has 1 N–H and O–H groups in total. The van der Waals surface area contributed by atoms with E-state index in [1.165, 1.54) is 0 Å². The first-order valence-electron chi connectivity index (χ1n) is 9.35. The largest absolute Gasteiger partial charge is 0.485 e. The number of ether oxygens (including phenoxy) is 2. The average molecular weight is 354 g/mol. The Hall–Kier alpha value is -2.34. The van der Waals surface area contributed by atoms with E-state index in [-0.39, 0.29) is 5.60 Å². The maximum Gasteiger partial charge on any atom is 0.225 e. The number of para-hydroxylation sites is 2. The molecular weight excluding hydrogens is 328 g/mol. The number of aromatic nitrogens is 2. The fraction of sp³-hybridized carbons (Fsp3) is 0.500.